The highest BCUT2D eigenvalue weighted by atomic mass is 35.5. The van der Waals surface area contributed by atoms with Crippen LogP contribution in [0.2, 0.25) is 0 Å². The van der Waals surface area contributed by atoms with E-state index in [1.165, 1.54) is 14.1 Å². The number of hydrogen-bond acceptors (Lipinski definition) is 5. The summed E-state index contributed by atoms with van der Waals surface area (Å²) in [5.74, 6) is 0.213. The Hall–Kier alpha value is -1.16. The summed E-state index contributed by atoms with van der Waals surface area (Å²) in [6.45, 7) is 1.99. The molecule has 0 spiro atoms. The number of aryl methyl sites for hydroxylation is 1. The Morgan fingerprint density at radius 2 is 2.05 bits per heavy atom. The van der Waals surface area contributed by atoms with Crippen molar-refractivity contribution < 1.29 is 8.42 Å². The molecule has 2 heterocycles. The van der Waals surface area contributed by atoms with Gasteiger partial charge < -0.3 is 9.88 Å². The summed E-state index contributed by atoms with van der Waals surface area (Å²) in [5.41, 5.74) is -1.37. The van der Waals surface area contributed by atoms with Crippen LogP contribution in [0.5, 0.6) is 0 Å². The first-order valence-electron chi connectivity index (χ1n) is 6.80. The quantitative estimate of drug-likeness (QED) is 0.707. The first-order chi connectivity index (χ1) is 9.83. The van der Waals surface area contributed by atoms with Gasteiger partial charge in [-0.1, -0.05) is 0 Å². The molecule has 1 aromatic rings. The molecule has 1 atom stereocenters. The summed E-state index contributed by atoms with van der Waals surface area (Å²) in [7, 11) is -1.26. The number of nitrogens with zero attached hydrogens (tertiary/aromatic N) is 2. The molecule has 0 radical (unpaired) electrons. The minimum Gasteiger partial charge on any atom is -0.316 e. The third kappa shape index (κ3) is 3.97. The normalized spacial score (nSPS) is 18.7. The molecule has 2 rings (SSSR count). The molecule has 126 valence electrons. The highest BCUT2D eigenvalue weighted by molar-refractivity contribution is 7.89. The predicted molar refractivity (Wildman–Crippen MR) is 85.0 cm³/mol. The maximum absolute atomic E-state index is 12.3. The molecule has 10 heteroatoms. The Morgan fingerprint density at radius 3 is 2.64 bits per heavy atom. The van der Waals surface area contributed by atoms with Crippen LogP contribution in [0, 0.1) is 5.92 Å². The second-order valence-corrected chi connectivity index (χ2v) is 7.05. The number of sulfonamides is 1. The van der Waals surface area contributed by atoms with Gasteiger partial charge in [0.05, 0.1) is 0 Å². The zero-order valence-corrected chi connectivity index (χ0v) is 14.2. The zero-order chi connectivity index (χ0) is 15.6. The van der Waals surface area contributed by atoms with Crippen molar-refractivity contribution in [1.82, 2.24) is 19.2 Å². The van der Waals surface area contributed by atoms with E-state index in [0.717, 1.165) is 41.3 Å². The van der Waals surface area contributed by atoms with E-state index in [1.54, 1.807) is 0 Å². The maximum Gasteiger partial charge on any atom is 0.330 e. The molecule has 1 saturated heterocycles. The van der Waals surface area contributed by atoms with Crippen LogP contribution in [-0.2, 0) is 24.1 Å². The highest BCUT2D eigenvalue weighted by Crippen LogP contribution is 2.10. The van der Waals surface area contributed by atoms with Crippen LogP contribution in [0.3, 0.4) is 0 Å². The van der Waals surface area contributed by atoms with Gasteiger partial charge in [-0.25, -0.2) is 17.9 Å². The third-order valence-electron chi connectivity index (χ3n) is 3.67. The summed E-state index contributed by atoms with van der Waals surface area (Å²) in [5, 5.41) is 3.20. The van der Waals surface area contributed by atoms with Crippen LogP contribution in [0.1, 0.15) is 12.8 Å². The van der Waals surface area contributed by atoms with Gasteiger partial charge in [-0.3, -0.25) is 9.36 Å². The highest BCUT2D eigenvalue weighted by Gasteiger charge is 2.23. The molecule has 22 heavy (non-hydrogen) atoms. The van der Waals surface area contributed by atoms with Crippen molar-refractivity contribution in [2.75, 3.05) is 19.6 Å². The molecule has 1 aromatic heterocycles. The van der Waals surface area contributed by atoms with Gasteiger partial charge >= 0.3 is 5.69 Å². The van der Waals surface area contributed by atoms with Gasteiger partial charge in [0.25, 0.3) is 5.56 Å². The number of piperidine rings is 1. The van der Waals surface area contributed by atoms with Crippen molar-refractivity contribution in [3.05, 3.63) is 27.0 Å². The lowest BCUT2D eigenvalue weighted by atomic mass is 10.0. The summed E-state index contributed by atoms with van der Waals surface area (Å²) in [6, 6.07) is 0. The lowest BCUT2D eigenvalue weighted by Gasteiger charge is -2.22. The van der Waals surface area contributed by atoms with Gasteiger partial charge in [-0.2, -0.15) is 0 Å². The van der Waals surface area contributed by atoms with Gasteiger partial charge in [0.1, 0.15) is 0 Å². The van der Waals surface area contributed by atoms with Crippen LogP contribution in [-0.4, -0.2) is 37.2 Å². The van der Waals surface area contributed by atoms with Crippen molar-refractivity contribution in [3.63, 3.8) is 0 Å². The van der Waals surface area contributed by atoms with Gasteiger partial charge in [0, 0.05) is 26.8 Å². The van der Waals surface area contributed by atoms with Crippen molar-refractivity contribution >= 4 is 22.4 Å². The van der Waals surface area contributed by atoms with Crippen molar-refractivity contribution in [2.45, 2.75) is 17.7 Å². The average molecular weight is 353 g/mol. The molecule has 0 aromatic carbocycles. The zero-order valence-electron chi connectivity index (χ0n) is 12.5. The van der Waals surface area contributed by atoms with Gasteiger partial charge in [0.2, 0.25) is 10.0 Å². The summed E-state index contributed by atoms with van der Waals surface area (Å²) < 4.78 is 28.8. The minimum atomic E-state index is -3.92. The smallest absolute Gasteiger partial charge is 0.316 e. The van der Waals surface area contributed by atoms with Gasteiger partial charge in [-0.05, 0) is 31.8 Å². The molecule has 0 saturated carbocycles. The number of halogens is 1. The Balaban J connectivity index is 0.00000242. The molecule has 1 fully saturated rings. The number of nitrogens with one attached hydrogen (secondary N) is 2. The third-order valence-corrected chi connectivity index (χ3v) is 5.07. The number of rotatable bonds is 4. The molecule has 0 amide bonds. The second kappa shape index (κ2) is 7.40. The van der Waals surface area contributed by atoms with E-state index in [-0.39, 0.29) is 24.9 Å². The number of aromatic nitrogens is 2. The fourth-order valence-corrected chi connectivity index (χ4v) is 3.64. The SMILES string of the molecule is Cl.Cn1cc(S(=O)(=O)NCC2CCCNC2)c(=O)n(C)c1=O. The van der Waals surface area contributed by atoms with E-state index < -0.39 is 26.2 Å². The number of hydrogen-bond donors (Lipinski definition) is 2. The molecule has 2 N–H and O–H groups in total. The summed E-state index contributed by atoms with van der Waals surface area (Å²) in [4.78, 5) is 23.1. The molecule has 0 bridgehead atoms. The molecule has 0 aliphatic carbocycles. The van der Waals surface area contributed by atoms with Crippen LogP contribution in [0.25, 0.3) is 0 Å². The van der Waals surface area contributed by atoms with Crippen molar-refractivity contribution in [3.8, 4) is 0 Å². The van der Waals surface area contributed by atoms with E-state index >= 15 is 0 Å². The Morgan fingerprint density at radius 1 is 1.36 bits per heavy atom. The fourth-order valence-electron chi connectivity index (χ4n) is 2.36. The monoisotopic (exact) mass is 352 g/mol. The van der Waals surface area contributed by atoms with E-state index in [4.69, 9.17) is 0 Å². The molecule has 8 nitrogen and oxygen atoms in total. The lowest BCUT2D eigenvalue weighted by Crippen LogP contribution is -2.43. The largest absolute Gasteiger partial charge is 0.330 e. The summed E-state index contributed by atoms with van der Waals surface area (Å²) in [6.07, 6.45) is 3.01. The van der Waals surface area contributed by atoms with Crippen LogP contribution in [0.15, 0.2) is 20.7 Å². The van der Waals surface area contributed by atoms with E-state index in [1.807, 2.05) is 0 Å². The molecule has 1 aliphatic rings. The first-order valence-corrected chi connectivity index (χ1v) is 8.28. The molecular weight excluding hydrogens is 332 g/mol. The standard InChI is InChI=1S/C12H20N4O4S.ClH/c1-15-8-10(11(17)16(2)12(15)18)21(19,20)14-7-9-4-3-5-13-6-9;/h8-9,13-14H,3-7H2,1-2H3;1H. The topological polar surface area (TPSA) is 102 Å². The van der Waals surface area contributed by atoms with Crippen LogP contribution in [0.4, 0.5) is 0 Å². The van der Waals surface area contributed by atoms with E-state index in [9.17, 15) is 18.0 Å². The van der Waals surface area contributed by atoms with E-state index in [0.29, 0.717) is 0 Å². The molecule has 1 aliphatic heterocycles. The Kier molecular flexibility index (Phi) is 6.36. The average Bonchev–Trinajstić information content (AvgIpc) is 2.48. The van der Waals surface area contributed by atoms with Crippen molar-refractivity contribution in [2.24, 2.45) is 20.0 Å². The first kappa shape index (κ1) is 18.9. The summed E-state index contributed by atoms with van der Waals surface area (Å²) >= 11 is 0. The maximum atomic E-state index is 12.3. The Bertz CT molecular complexity index is 734. The second-order valence-electron chi connectivity index (χ2n) is 5.32. The lowest BCUT2D eigenvalue weighted by molar-refractivity contribution is 0.375. The van der Waals surface area contributed by atoms with Crippen LogP contribution >= 0.6 is 12.4 Å². The van der Waals surface area contributed by atoms with Crippen molar-refractivity contribution in [1.29, 1.82) is 0 Å². The molecular formula is C12H21ClN4O4S. The molecule has 1 unspecified atom stereocenters. The predicted octanol–water partition coefficient (Wildman–Crippen LogP) is -1.22. The van der Waals surface area contributed by atoms with Gasteiger partial charge in [0.15, 0.2) is 4.90 Å². The Labute approximate surface area is 135 Å². The van der Waals surface area contributed by atoms with Crippen LogP contribution < -0.4 is 21.3 Å². The minimum absolute atomic E-state index is 0. The fraction of sp³-hybridized carbons (Fsp3) is 0.667. The van der Waals surface area contributed by atoms with Gasteiger partial charge in [-0.15, -0.1) is 12.4 Å². The van der Waals surface area contributed by atoms with E-state index in [2.05, 4.69) is 10.0 Å².